The van der Waals surface area contributed by atoms with Crippen molar-refractivity contribution in [3.63, 3.8) is 0 Å². The molecule has 0 rings (SSSR count). The number of carbonyl (C=O) groups is 1. The van der Waals surface area contributed by atoms with Crippen LogP contribution in [-0.2, 0) is 4.79 Å². The lowest BCUT2D eigenvalue weighted by Gasteiger charge is -2.20. The first-order valence-electron chi connectivity index (χ1n) is 4.84. The van der Waals surface area contributed by atoms with Crippen LogP contribution in [0.15, 0.2) is 12.7 Å². The Hall–Kier alpha value is -0.870. The number of hydrogen-bond donors (Lipinski definition) is 2. The maximum absolute atomic E-state index is 11.5. The zero-order valence-electron chi connectivity index (χ0n) is 8.99. The van der Waals surface area contributed by atoms with Gasteiger partial charge in [-0.3, -0.25) is 4.79 Å². The fourth-order valence-corrected chi connectivity index (χ4v) is 0.998. The molecule has 0 aromatic carbocycles. The molecule has 0 atom stereocenters. The number of hydrogen-bond acceptors (Lipinski definition) is 3. The molecule has 0 saturated heterocycles. The maximum atomic E-state index is 11.5. The highest BCUT2D eigenvalue weighted by Gasteiger charge is 2.10. The zero-order chi connectivity index (χ0) is 11.0. The predicted octanol–water partition coefficient (Wildman–Crippen LogP) is -0.00870. The van der Waals surface area contributed by atoms with E-state index in [9.17, 15) is 4.79 Å². The Morgan fingerprint density at radius 1 is 1.64 bits per heavy atom. The topological polar surface area (TPSA) is 52.6 Å². The van der Waals surface area contributed by atoms with Gasteiger partial charge in [-0.15, -0.1) is 6.58 Å². The number of nitrogens with one attached hydrogen (secondary N) is 1. The highest BCUT2D eigenvalue weighted by atomic mass is 16.3. The summed E-state index contributed by atoms with van der Waals surface area (Å²) < 4.78 is 0. The molecule has 82 valence electrons. The van der Waals surface area contributed by atoms with E-state index >= 15 is 0 Å². The van der Waals surface area contributed by atoms with Crippen LogP contribution in [0, 0.1) is 0 Å². The van der Waals surface area contributed by atoms with Crippen LogP contribution in [0.3, 0.4) is 0 Å². The van der Waals surface area contributed by atoms with E-state index in [0.29, 0.717) is 25.7 Å². The Bertz CT molecular complexity index is 181. The molecule has 14 heavy (non-hydrogen) atoms. The van der Waals surface area contributed by atoms with Crippen LogP contribution in [0.5, 0.6) is 0 Å². The first kappa shape index (κ1) is 13.1. The first-order valence-corrected chi connectivity index (χ1v) is 4.84. The van der Waals surface area contributed by atoms with Crippen LogP contribution in [0.2, 0.25) is 0 Å². The van der Waals surface area contributed by atoms with Crippen molar-refractivity contribution in [2.24, 2.45) is 0 Å². The van der Waals surface area contributed by atoms with Gasteiger partial charge in [-0.05, 0) is 0 Å². The van der Waals surface area contributed by atoms with E-state index in [2.05, 4.69) is 11.9 Å². The lowest BCUT2D eigenvalue weighted by Crippen LogP contribution is -2.41. The summed E-state index contributed by atoms with van der Waals surface area (Å²) in [6.07, 6.45) is 1.66. The number of nitrogens with zero attached hydrogens (tertiary/aromatic N) is 1. The second-order valence-electron chi connectivity index (χ2n) is 3.39. The molecule has 0 aliphatic rings. The van der Waals surface area contributed by atoms with Crippen LogP contribution in [-0.4, -0.2) is 48.2 Å². The fraction of sp³-hybridized carbons (Fsp3) is 0.700. The Morgan fingerprint density at radius 2 is 2.29 bits per heavy atom. The Morgan fingerprint density at radius 3 is 2.71 bits per heavy atom. The standard InChI is InChI=1S/C10H20N2O2/c1-4-5-12(6-7-13)10(14)8-11-9(2)3/h4,9,11,13H,1,5-8H2,2-3H3. The van der Waals surface area contributed by atoms with Gasteiger partial charge in [0.25, 0.3) is 0 Å². The molecular weight excluding hydrogens is 180 g/mol. The third-order valence-corrected chi connectivity index (χ3v) is 1.73. The van der Waals surface area contributed by atoms with Crippen molar-refractivity contribution < 1.29 is 9.90 Å². The molecule has 0 radical (unpaired) electrons. The minimum absolute atomic E-state index is 0.00681. The summed E-state index contributed by atoms with van der Waals surface area (Å²) in [6, 6.07) is 0.290. The normalized spacial score (nSPS) is 10.3. The largest absolute Gasteiger partial charge is 0.395 e. The van der Waals surface area contributed by atoms with Gasteiger partial charge in [-0.1, -0.05) is 19.9 Å². The van der Waals surface area contributed by atoms with Gasteiger partial charge < -0.3 is 15.3 Å². The molecule has 0 saturated carbocycles. The molecular formula is C10H20N2O2. The van der Waals surface area contributed by atoms with E-state index in [0.717, 1.165) is 0 Å². The summed E-state index contributed by atoms with van der Waals surface area (Å²) in [5, 5.41) is 11.8. The van der Waals surface area contributed by atoms with Crippen LogP contribution in [0.25, 0.3) is 0 Å². The number of rotatable bonds is 7. The van der Waals surface area contributed by atoms with Gasteiger partial charge in [-0.25, -0.2) is 0 Å². The minimum atomic E-state index is -0.0126. The summed E-state index contributed by atoms with van der Waals surface area (Å²) in [6.45, 7) is 8.68. The fourth-order valence-electron chi connectivity index (χ4n) is 0.998. The highest BCUT2D eigenvalue weighted by molar-refractivity contribution is 5.78. The first-order chi connectivity index (χ1) is 6.61. The molecule has 4 heteroatoms. The van der Waals surface area contributed by atoms with Gasteiger partial charge in [0.2, 0.25) is 5.91 Å². The molecule has 0 aromatic rings. The molecule has 1 amide bonds. The van der Waals surface area contributed by atoms with Gasteiger partial charge in [0.15, 0.2) is 0 Å². The number of aliphatic hydroxyl groups is 1. The Labute approximate surface area is 85.6 Å². The summed E-state index contributed by atoms with van der Waals surface area (Å²) in [7, 11) is 0. The lowest BCUT2D eigenvalue weighted by atomic mass is 10.3. The monoisotopic (exact) mass is 200 g/mol. The third kappa shape index (κ3) is 5.72. The van der Waals surface area contributed by atoms with Crippen LogP contribution >= 0.6 is 0 Å². The zero-order valence-corrected chi connectivity index (χ0v) is 8.99. The lowest BCUT2D eigenvalue weighted by molar-refractivity contribution is -0.130. The van der Waals surface area contributed by atoms with Crippen LogP contribution in [0.4, 0.5) is 0 Å². The number of amides is 1. The van der Waals surface area contributed by atoms with Crippen molar-refractivity contribution in [1.82, 2.24) is 10.2 Å². The van der Waals surface area contributed by atoms with Crippen molar-refractivity contribution in [1.29, 1.82) is 0 Å². The van der Waals surface area contributed by atoms with Crippen LogP contribution in [0.1, 0.15) is 13.8 Å². The van der Waals surface area contributed by atoms with Gasteiger partial charge in [0.1, 0.15) is 0 Å². The van der Waals surface area contributed by atoms with Crippen LogP contribution < -0.4 is 5.32 Å². The molecule has 0 aliphatic heterocycles. The number of aliphatic hydroxyl groups excluding tert-OH is 1. The van der Waals surface area contributed by atoms with E-state index in [1.54, 1.807) is 11.0 Å². The SMILES string of the molecule is C=CCN(CCO)C(=O)CNC(C)C. The quantitative estimate of drug-likeness (QED) is 0.568. The van der Waals surface area contributed by atoms with Gasteiger partial charge >= 0.3 is 0 Å². The van der Waals surface area contributed by atoms with E-state index < -0.39 is 0 Å². The second kappa shape index (κ2) is 7.53. The maximum Gasteiger partial charge on any atom is 0.236 e. The summed E-state index contributed by atoms with van der Waals surface area (Å²) in [5.41, 5.74) is 0. The molecule has 4 nitrogen and oxygen atoms in total. The van der Waals surface area contributed by atoms with Crippen molar-refractivity contribution in [2.75, 3.05) is 26.2 Å². The average molecular weight is 200 g/mol. The molecule has 0 fully saturated rings. The van der Waals surface area contributed by atoms with Gasteiger partial charge in [0.05, 0.1) is 13.2 Å². The third-order valence-electron chi connectivity index (χ3n) is 1.73. The van der Waals surface area contributed by atoms with Gasteiger partial charge in [-0.2, -0.15) is 0 Å². The highest BCUT2D eigenvalue weighted by Crippen LogP contribution is 1.90. The molecule has 0 heterocycles. The van der Waals surface area contributed by atoms with Gasteiger partial charge in [0, 0.05) is 19.1 Å². The van der Waals surface area contributed by atoms with E-state index in [1.807, 2.05) is 13.8 Å². The average Bonchev–Trinajstić information content (AvgIpc) is 2.14. The molecule has 0 aliphatic carbocycles. The van der Waals surface area contributed by atoms with E-state index in [4.69, 9.17) is 5.11 Å². The van der Waals surface area contributed by atoms with Crippen molar-refractivity contribution in [3.05, 3.63) is 12.7 Å². The summed E-state index contributed by atoms with van der Waals surface area (Å²) >= 11 is 0. The summed E-state index contributed by atoms with van der Waals surface area (Å²) in [5.74, 6) is -0.00681. The smallest absolute Gasteiger partial charge is 0.236 e. The minimum Gasteiger partial charge on any atom is -0.395 e. The van der Waals surface area contributed by atoms with E-state index in [1.165, 1.54) is 0 Å². The molecule has 0 unspecified atom stereocenters. The summed E-state index contributed by atoms with van der Waals surface area (Å²) in [4.78, 5) is 13.1. The Kier molecular flexibility index (Phi) is 7.06. The molecule has 0 spiro atoms. The molecule has 0 aromatic heterocycles. The molecule has 2 N–H and O–H groups in total. The second-order valence-corrected chi connectivity index (χ2v) is 3.39. The predicted molar refractivity (Wildman–Crippen MR) is 57.0 cm³/mol. The van der Waals surface area contributed by atoms with Crippen molar-refractivity contribution >= 4 is 5.91 Å². The van der Waals surface area contributed by atoms with E-state index in [-0.39, 0.29) is 12.5 Å². The Balaban J connectivity index is 3.94. The van der Waals surface area contributed by atoms with Crippen molar-refractivity contribution in [2.45, 2.75) is 19.9 Å². The van der Waals surface area contributed by atoms with Crippen molar-refractivity contribution in [3.8, 4) is 0 Å². The number of carbonyl (C=O) groups excluding carboxylic acids is 1. The molecule has 0 bridgehead atoms.